The number of nitrogens with one attached hydrogen (secondary N) is 1. The van der Waals surface area contributed by atoms with Crippen molar-refractivity contribution >= 4 is 23.2 Å². The van der Waals surface area contributed by atoms with Crippen molar-refractivity contribution in [3.63, 3.8) is 0 Å². The number of likely N-dealkylation sites (tertiary alicyclic amines) is 1. The fourth-order valence-electron chi connectivity index (χ4n) is 4.16. The fraction of sp³-hybridized carbons (Fsp3) is 0.591. The molecule has 188 valence electrons. The Bertz CT molecular complexity index is 940. The number of carbonyl (C=O) groups excluding carboxylic acids is 1. The lowest BCUT2D eigenvalue weighted by molar-refractivity contribution is -0.192. The van der Waals surface area contributed by atoms with E-state index in [-0.39, 0.29) is 11.5 Å². The molecule has 2 aromatic heterocycles. The normalized spacial score (nSPS) is 18.4. The quantitative estimate of drug-likeness (QED) is 0.652. The first-order valence-corrected chi connectivity index (χ1v) is 11.9. The Labute approximate surface area is 199 Å². The minimum Gasteiger partial charge on any atom is -0.475 e. The number of aromatic amines is 1. The molecular formula is C22H29F3N4O4S. The molecule has 0 atom stereocenters. The van der Waals surface area contributed by atoms with Crippen molar-refractivity contribution in [2.24, 2.45) is 0 Å². The second-order valence-electron chi connectivity index (χ2n) is 8.48. The van der Waals surface area contributed by atoms with Gasteiger partial charge in [0.15, 0.2) is 0 Å². The van der Waals surface area contributed by atoms with Crippen LogP contribution in [0.5, 0.6) is 0 Å². The van der Waals surface area contributed by atoms with Gasteiger partial charge in [-0.05, 0) is 38.3 Å². The number of morpholine rings is 1. The van der Waals surface area contributed by atoms with E-state index in [1.165, 1.54) is 0 Å². The third kappa shape index (κ3) is 7.54. The second-order valence-corrected chi connectivity index (χ2v) is 9.54. The van der Waals surface area contributed by atoms with Gasteiger partial charge in [0.05, 0.1) is 22.9 Å². The Kier molecular flexibility index (Phi) is 8.72. The van der Waals surface area contributed by atoms with Crippen LogP contribution in [0.2, 0.25) is 0 Å². The topological polar surface area (TPSA) is 98.8 Å². The summed E-state index contributed by atoms with van der Waals surface area (Å²) in [5.41, 5.74) is 2.19. The number of aliphatic carboxylic acids is 1. The number of hydrogen-bond donors (Lipinski definition) is 2. The van der Waals surface area contributed by atoms with Gasteiger partial charge in [-0.25, -0.2) is 9.78 Å². The number of carboxylic acids is 1. The van der Waals surface area contributed by atoms with Gasteiger partial charge in [0.2, 0.25) is 5.91 Å². The average molecular weight is 503 g/mol. The second kappa shape index (κ2) is 11.3. The molecule has 4 heterocycles. The highest BCUT2D eigenvalue weighted by Crippen LogP contribution is 2.31. The number of H-pyrrole nitrogens is 1. The summed E-state index contributed by atoms with van der Waals surface area (Å²) >= 11 is 1.71. The van der Waals surface area contributed by atoms with Crippen molar-refractivity contribution < 1.29 is 32.6 Å². The summed E-state index contributed by atoms with van der Waals surface area (Å²) in [5.74, 6) is -2.50. The predicted molar refractivity (Wildman–Crippen MR) is 119 cm³/mol. The van der Waals surface area contributed by atoms with Gasteiger partial charge in [-0.15, -0.1) is 11.3 Å². The van der Waals surface area contributed by atoms with E-state index in [2.05, 4.69) is 27.2 Å². The monoisotopic (exact) mass is 502 g/mol. The first kappa shape index (κ1) is 26.2. The molecule has 0 aliphatic carbocycles. The average Bonchev–Trinajstić information content (AvgIpc) is 3.44. The molecule has 0 bridgehead atoms. The van der Waals surface area contributed by atoms with Crippen LogP contribution < -0.4 is 0 Å². The van der Waals surface area contributed by atoms with Crippen LogP contribution in [-0.2, 0) is 27.3 Å². The van der Waals surface area contributed by atoms with Crippen LogP contribution in [0.3, 0.4) is 0 Å². The van der Waals surface area contributed by atoms with Crippen molar-refractivity contribution in [2.45, 2.75) is 50.9 Å². The number of amides is 1. The minimum absolute atomic E-state index is 0.0977. The zero-order valence-corrected chi connectivity index (χ0v) is 19.8. The highest BCUT2D eigenvalue weighted by molar-refractivity contribution is 7.09. The van der Waals surface area contributed by atoms with Crippen molar-refractivity contribution in [3.8, 4) is 0 Å². The summed E-state index contributed by atoms with van der Waals surface area (Å²) < 4.78 is 38.0. The molecule has 2 aromatic rings. The van der Waals surface area contributed by atoms with Gasteiger partial charge in [-0.1, -0.05) is 0 Å². The number of rotatable bonds is 5. The van der Waals surface area contributed by atoms with E-state index in [1.54, 1.807) is 11.3 Å². The van der Waals surface area contributed by atoms with E-state index < -0.39 is 12.1 Å². The van der Waals surface area contributed by atoms with E-state index in [0.29, 0.717) is 6.42 Å². The van der Waals surface area contributed by atoms with Crippen LogP contribution >= 0.6 is 11.3 Å². The number of ether oxygens (including phenoxy) is 1. The SMILES string of the molecule is Cc1nc(CN2CCOC3(CCN(C(=O)CCc4ccc[nH]4)CC3)C2)cs1.O=C(O)C(F)(F)F. The highest BCUT2D eigenvalue weighted by Gasteiger charge is 2.40. The van der Waals surface area contributed by atoms with E-state index >= 15 is 0 Å². The molecule has 1 amide bonds. The van der Waals surface area contributed by atoms with Crippen molar-refractivity contribution in [2.75, 3.05) is 32.8 Å². The number of alkyl halides is 3. The zero-order chi connectivity index (χ0) is 24.8. The van der Waals surface area contributed by atoms with Crippen LogP contribution in [0.4, 0.5) is 13.2 Å². The van der Waals surface area contributed by atoms with Gasteiger partial charge in [0, 0.05) is 56.4 Å². The van der Waals surface area contributed by atoms with Gasteiger partial charge in [0.25, 0.3) is 0 Å². The number of aryl methyl sites for hydroxylation is 2. The fourth-order valence-corrected chi connectivity index (χ4v) is 4.76. The highest BCUT2D eigenvalue weighted by atomic mass is 32.1. The standard InChI is InChI=1S/C20H28N4O2S.C2HF3O2/c1-16-22-18(14-27-16)13-23-11-12-26-20(15-23)6-9-24(10-7-20)19(25)5-4-17-3-2-8-21-17;3-2(4,5)1(6)7/h2-3,8,14,21H,4-7,9-13,15H2,1H3;(H,6,7). The number of carbonyl (C=O) groups is 2. The van der Waals surface area contributed by atoms with Crippen molar-refractivity contribution in [3.05, 3.63) is 40.1 Å². The summed E-state index contributed by atoms with van der Waals surface area (Å²) in [7, 11) is 0. The van der Waals surface area contributed by atoms with E-state index in [0.717, 1.165) is 75.0 Å². The van der Waals surface area contributed by atoms with Gasteiger partial charge in [-0.3, -0.25) is 9.69 Å². The summed E-state index contributed by atoms with van der Waals surface area (Å²) in [6.45, 7) is 7.21. The molecule has 0 aromatic carbocycles. The largest absolute Gasteiger partial charge is 0.490 e. The van der Waals surface area contributed by atoms with Crippen LogP contribution in [0.1, 0.15) is 35.7 Å². The van der Waals surface area contributed by atoms with Crippen LogP contribution in [-0.4, -0.2) is 81.3 Å². The Hall–Kier alpha value is -2.44. The molecular weight excluding hydrogens is 473 g/mol. The molecule has 2 aliphatic heterocycles. The van der Waals surface area contributed by atoms with Gasteiger partial charge in [-0.2, -0.15) is 13.2 Å². The molecule has 0 radical (unpaired) electrons. The number of halogens is 3. The maximum Gasteiger partial charge on any atom is 0.490 e. The number of nitrogens with zero attached hydrogens (tertiary/aromatic N) is 3. The zero-order valence-electron chi connectivity index (χ0n) is 18.9. The third-order valence-corrected chi connectivity index (χ3v) is 6.74. The maximum atomic E-state index is 12.5. The van der Waals surface area contributed by atoms with E-state index in [4.69, 9.17) is 14.6 Å². The number of thiazole rings is 1. The summed E-state index contributed by atoms with van der Waals surface area (Å²) in [5, 5.41) is 10.4. The van der Waals surface area contributed by atoms with Gasteiger partial charge < -0.3 is 19.7 Å². The number of piperidine rings is 1. The molecule has 2 N–H and O–H groups in total. The molecule has 2 aliphatic rings. The molecule has 0 saturated carbocycles. The van der Waals surface area contributed by atoms with E-state index in [1.807, 2.05) is 23.2 Å². The maximum absolute atomic E-state index is 12.5. The molecule has 1 spiro atoms. The molecule has 4 rings (SSSR count). The van der Waals surface area contributed by atoms with Gasteiger partial charge >= 0.3 is 12.1 Å². The van der Waals surface area contributed by atoms with Crippen LogP contribution in [0, 0.1) is 6.92 Å². The molecule has 0 unspecified atom stereocenters. The molecule has 12 heteroatoms. The summed E-state index contributed by atoms with van der Waals surface area (Å²) in [6, 6.07) is 4.01. The Morgan fingerprint density at radius 3 is 2.56 bits per heavy atom. The third-order valence-electron chi connectivity index (χ3n) is 5.92. The Balaban J connectivity index is 0.000000406. The van der Waals surface area contributed by atoms with Gasteiger partial charge in [0.1, 0.15) is 0 Å². The molecule has 2 fully saturated rings. The molecule has 34 heavy (non-hydrogen) atoms. The predicted octanol–water partition coefficient (Wildman–Crippen LogP) is 3.24. The van der Waals surface area contributed by atoms with Crippen molar-refractivity contribution in [1.29, 1.82) is 0 Å². The lowest BCUT2D eigenvalue weighted by Crippen LogP contribution is -2.57. The summed E-state index contributed by atoms with van der Waals surface area (Å²) in [4.78, 5) is 33.7. The van der Waals surface area contributed by atoms with Crippen LogP contribution in [0.15, 0.2) is 23.7 Å². The van der Waals surface area contributed by atoms with Crippen LogP contribution in [0.25, 0.3) is 0 Å². The smallest absolute Gasteiger partial charge is 0.475 e. The Morgan fingerprint density at radius 1 is 1.29 bits per heavy atom. The number of carboxylic acid groups (broad SMARTS) is 1. The first-order chi connectivity index (χ1) is 16.1. The Morgan fingerprint density at radius 2 is 2.00 bits per heavy atom. The minimum atomic E-state index is -5.08. The lowest BCUT2D eigenvalue weighted by Gasteiger charge is -2.47. The molecule has 2 saturated heterocycles. The van der Waals surface area contributed by atoms with Crippen molar-refractivity contribution in [1.82, 2.24) is 19.8 Å². The summed E-state index contributed by atoms with van der Waals surface area (Å²) in [6.07, 6.45) is 0.0275. The first-order valence-electron chi connectivity index (χ1n) is 11.0. The van der Waals surface area contributed by atoms with E-state index in [9.17, 15) is 18.0 Å². The number of hydrogen-bond acceptors (Lipinski definition) is 6. The number of aromatic nitrogens is 2. The molecule has 8 nitrogen and oxygen atoms in total. The lowest BCUT2D eigenvalue weighted by atomic mass is 9.89.